The van der Waals surface area contributed by atoms with Crippen molar-refractivity contribution in [1.82, 2.24) is 5.43 Å². The molecule has 0 atom stereocenters. The van der Waals surface area contributed by atoms with Crippen LogP contribution in [0.5, 0.6) is 17.2 Å². The lowest BCUT2D eigenvalue weighted by Gasteiger charge is -2.12. The molecule has 0 radical (unpaired) electrons. The standard InChI is InChI=1S/C28H30BrN3O5/c1-4-13-36-25-12-10-21(16-26(25)35-5-2)28(34)32-30-17-20-9-11-24(23(29)15-20)37-18-27(33)31-22-8-6-7-19(3)14-22/h6-12,14-17H,4-5,13,18H2,1-3H3,(H,31,33)(H,32,34)/b30-17+. The summed E-state index contributed by atoms with van der Waals surface area (Å²) < 4.78 is 17.6. The Bertz CT molecular complexity index is 1260. The SMILES string of the molecule is CCCOc1ccc(C(=O)N/N=C/c2ccc(OCC(=O)Nc3cccc(C)c3)c(Br)c2)cc1OCC. The van der Waals surface area contributed by atoms with E-state index in [0.717, 1.165) is 23.2 Å². The van der Waals surface area contributed by atoms with Gasteiger partial charge < -0.3 is 19.5 Å². The summed E-state index contributed by atoms with van der Waals surface area (Å²) in [5.41, 5.74) is 5.41. The maximum Gasteiger partial charge on any atom is 0.271 e. The highest BCUT2D eigenvalue weighted by molar-refractivity contribution is 9.10. The molecule has 0 aliphatic carbocycles. The molecular weight excluding hydrogens is 538 g/mol. The number of hydrogen-bond acceptors (Lipinski definition) is 6. The largest absolute Gasteiger partial charge is 0.490 e. The zero-order valence-electron chi connectivity index (χ0n) is 21.0. The maximum absolute atomic E-state index is 12.5. The molecule has 0 bridgehead atoms. The van der Waals surface area contributed by atoms with Crippen molar-refractivity contribution in [1.29, 1.82) is 0 Å². The Morgan fingerprint density at radius 1 is 0.946 bits per heavy atom. The van der Waals surface area contributed by atoms with E-state index in [1.165, 1.54) is 6.21 Å². The van der Waals surface area contributed by atoms with Crippen LogP contribution < -0.4 is 25.0 Å². The van der Waals surface area contributed by atoms with E-state index in [4.69, 9.17) is 14.2 Å². The van der Waals surface area contributed by atoms with Gasteiger partial charge in [-0.05, 0) is 95.9 Å². The lowest BCUT2D eigenvalue weighted by molar-refractivity contribution is -0.118. The molecule has 3 rings (SSSR count). The van der Waals surface area contributed by atoms with Gasteiger partial charge in [0.25, 0.3) is 11.8 Å². The molecule has 9 heteroatoms. The average Bonchev–Trinajstić information content (AvgIpc) is 2.87. The number of benzene rings is 3. The molecule has 2 N–H and O–H groups in total. The summed E-state index contributed by atoms with van der Waals surface area (Å²) in [6.07, 6.45) is 2.38. The molecule has 0 fully saturated rings. The van der Waals surface area contributed by atoms with Gasteiger partial charge >= 0.3 is 0 Å². The van der Waals surface area contributed by atoms with Crippen LogP contribution in [0.25, 0.3) is 0 Å². The third-order valence-corrected chi connectivity index (χ3v) is 5.58. The van der Waals surface area contributed by atoms with Crippen LogP contribution in [0.3, 0.4) is 0 Å². The van der Waals surface area contributed by atoms with Gasteiger partial charge in [0.05, 0.1) is 23.9 Å². The van der Waals surface area contributed by atoms with Crippen molar-refractivity contribution in [2.24, 2.45) is 5.10 Å². The maximum atomic E-state index is 12.5. The van der Waals surface area contributed by atoms with Crippen LogP contribution in [0, 0.1) is 6.92 Å². The summed E-state index contributed by atoms with van der Waals surface area (Å²) in [4.78, 5) is 24.7. The van der Waals surface area contributed by atoms with E-state index in [-0.39, 0.29) is 18.4 Å². The molecule has 3 aromatic carbocycles. The normalized spacial score (nSPS) is 10.7. The highest BCUT2D eigenvalue weighted by Gasteiger charge is 2.12. The number of halogens is 1. The molecule has 194 valence electrons. The van der Waals surface area contributed by atoms with Gasteiger partial charge in [0.15, 0.2) is 18.1 Å². The van der Waals surface area contributed by atoms with Gasteiger partial charge in [-0.15, -0.1) is 0 Å². The van der Waals surface area contributed by atoms with E-state index in [1.807, 2.05) is 45.0 Å². The molecule has 0 saturated carbocycles. The number of nitrogens with zero attached hydrogens (tertiary/aromatic N) is 1. The lowest BCUT2D eigenvalue weighted by Crippen LogP contribution is -2.20. The molecule has 0 spiro atoms. The molecule has 37 heavy (non-hydrogen) atoms. The Hall–Kier alpha value is -3.85. The van der Waals surface area contributed by atoms with Gasteiger partial charge in [-0.3, -0.25) is 9.59 Å². The van der Waals surface area contributed by atoms with Crippen LogP contribution >= 0.6 is 15.9 Å². The molecule has 8 nitrogen and oxygen atoms in total. The number of anilines is 1. The fraction of sp³-hybridized carbons (Fsp3) is 0.250. The van der Waals surface area contributed by atoms with E-state index < -0.39 is 0 Å². The smallest absolute Gasteiger partial charge is 0.271 e. The molecule has 0 unspecified atom stereocenters. The van der Waals surface area contributed by atoms with Gasteiger partial charge in [-0.1, -0.05) is 19.1 Å². The third kappa shape index (κ3) is 8.64. The summed E-state index contributed by atoms with van der Waals surface area (Å²) in [7, 11) is 0. The molecular formula is C28H30BrN3O5. The Balaban J connectivity index is 1.54. The third-order valence-electron chi connectivity index (χ3n) is 4.96. The van der Waals surface area contributed by atoms with E-state index in [1.54, 1.807) is 36.4 Å². The predicted octanol–water partition coefficient (Wildman–Crippen LogP) is 5.73. The lowest BCUT2D eigenvalue weighted by atomic mass is 10.2. The van der Waals surface area contributed by atoms with Crippen molar-refractivity contribution in [3.63, 3.8) is 0 Å². The summed E-state index contributed by atoms with van der Waals surface area (Å²) in [6.45, 7) is 6.73. The fourth-order valence-electron chi connectivity index (χ4n) is 3.26. The van der Waals surface area contributed by atoms with Gasteiger partial charge in [-0.25, -0.2) is 5.43 Å². The molecule has 2 amide bonds. The van der Waals surface area contributed by atoms with Crippen LogP contribution in [0.4, 0.5) is 5.69 Å². The van der Waals surface area contributed by atoms with E-state index >= 15 is 0 Å². The summed E-state index contributed by atoms with van der Waals surface area (Å²) in [5.74, 6) is 0.985. The minimum absolute atomic E-state index is 0.137. The van der Waals surface area contributed by atoms with Gasteiger partial charge in [0, 0.05) is 11.3 Å². The first-order valence-electron chi connectivity index (χ1n) is 11.9. The minimum atomic E-state index is -0.377. The molecule has 0 heterocycles. The number of amides is 2. The summed E-state index contributed by atoms with van der Waals surface area (Å²) >= 11 is 3.45. The van der Waals surface area contributed by atoms with Crippen molar-refractivity contribution in [3.05, 3.63) is 81.8 Å². The highest BCUT2D eigenvalue weighted by atomic mass is 79.9. The summed E-state index contributed by atoms with van der Waals surface area (Å²) in [5, 5.41) is 6.84. The van der Waals surface area contributed by atoms with E-state index in [2.05, 4.69) is 31.8 Å². The number of nitrogens with one attached hydrogen (secondary N) is 2. The minimum Gasteiger partial charge on any atom is -0.490 e. The van der Waals surface area contributed by atoms with E-state index in [0.29, 0.717) is 40.5 Å². The number of hydrazone groups is 1. The van der Waals surface area contributed by atoms with Gasteiger partial charge in [0.2, 0.25) is 0 Å². The van der Waals surface area contributed by atoms with Crippen molar-refractivity contribution >= 4 is 39.6 Å². The van der Waals surface area contributed by atoms with Crippen LogP contribution in [0.2, 0.25) is 0 Å². The fourth-order valence-corrected chi connectivity index (χ4v) is 3.77. The first kappa shape index (κ1) is 27.7. The molecule has 0 saturated heterocycles. The Morgan fingerprint density at radius 3 is 2.49 bits per heavy atom. The quantitative estimate of drug-likeness (QED) is 0.215. The van der Waals surface area contributed by atoms with Gasteiger partial charge in [-0.2, -0.15) is 5.10 Å². The first-order valence-corrected chi connectivity index (χ1v) is 12.7. The average molecular weight is 568 g/mol. The predicted molar refractivity (Wildman–Crippen MR) is 148 cm³/mol. The second-order valence-electron chi connectivity index (χ2n) is 8.04. The van der Waals surface area contributed by atoms with Crippen molar-refractivity contribution in [2.75, 3.05) is 25.1 Å². The van der Waals surface area contributed by atoms with Crippen LogP contribution in [0.1, 0.15) is 41.8 Å². The molecule has 0 aliphatic rings. The topological polar surface area (TPSA) is 98.3 Å². The Morgan fingerprint density at radius 2 is 1.76 bits per heavy atom. The number of rotatable bonds is 12. The first-order chi connectivity index (χ1) is 17.9. The summed E-state index contributed by atoms with van der Waals surface area (Å²) in [6, 6.07) is 17.8. The zero-order valence-corrected chi connectivity index (χ0v) is 22.6. The second kappa shape index (κ2) is 14.0. The monoisotopic (exact) mass is 567 g/mol. The molecule has 0 aliphatic heterocycles. The van der Waals surface area contributed by atoms with E-state index in [9.17, 15) is 9.59 Å². The number of ether oxygens (including phenoxy) is 3. The molecule has 3 aromatic rings. The number of hydrogen-bond donors (Lipinski definition) is 2. The van der Waals surface area contributed by atoms with Crippen LogP contribution in [0.15, 0.2) is 70.2 Å². The second-order valence-corrected chi connectivity index (χ2v) is 8.89. The number of carbonyl (C=O) groups is 2. The van der Waals surface area contributed by atoms with Crippen LogP contribution in [-0.2, 0) is 4.79 Å². The Kier molecular flexibility index (Phi) is 10.5. The van der Waals surface area contributed by atoms with Crippen molar-refractivity contribution < 1.29 is 23.8 Å². The Labute approximate surface area is 225 Å². The highest BCUT2D eigenvalue weighted by Crippen LogP contribution is 2.29. The van der Waals surface area contributed by atoms with Gasteiger partial charge in [0.1, 0.15) is 5.75 Å². The van der Waals surface area contributed by atoms with Crippen LogP contribution in [-0.4, -0.2) is 37.8 Å². The molecule has 0 aromatic heterocycles. The van der Waals surface area contributed by atoms with Crippen molar-refractivity contribution in [3.8, 4) is 17.2 Å². The zero-order chi connectivity index (χ0) is 26.6. The number of carbonyl (C=O) groups excluding carboxylic acids is 2. The number of aryl methyl sites for hydroxylation is 1. The van der Waals surface area contributed by atoms with Crippen molar-refractivity contribution in [2.45, 2.75) is 27.2 Å².